The van der Waals surface area contributed by atoms with Gasteiger partial charge >= 0.3 is 5.97 Å². The zero-order valence-corrected chi connectivity index (χ0v) is 10.9. The summed E-state index contributed by atoms with van der Waals surface area (Å²) in [6.07, 6.45) is 0.981. The number of rotatable bonds is 4. The Labute approximate surface area is 116 Å². The zero-order valence-electron chi connectivity index (χ0n) is 10.9. The van der Waals surface area contributed by atoms with Crippen LogP contribution < -0.4 is 4.74 Å². The molecule has 1 atom stereocenters. The maximum atomic E-state index is 11.1. The molecule has 2 aromatic rings. The lowest BCUT2D eigenvalue weighted by atomic mass is 10.1. The van der Waals surface area contributed by atoms with Gasteiger partial charge < -0.3 is 14.6 Å². The van der Waals surface area contributed by atoms with Gasteiger partial charge in [0.1, 0.15) is 5.75 Å². The second-order valence-corrected chi connectivity index (χ2v) is 4.87. The molecule has 0 aliphatic carbocycles. The second-order valence-electron chi connectivity index (χ2n) is 4.87. The summed E-state index contributed by atoms with van der Waals surface area (Å²) in [5.41, 5.74) is 0.631. The van der Waals surface area contributed by atoms with Gasteiger partial charge in [-0.15, -0.1) is 0 Å². The molecule has 0 saturated carbocycles. The molecular weight excluding hydrogens is 258 g/mol. The van der Waals surface area contributed by atoms with Crippen molar-refractivity contribution in [2.75, 3.05) is 19.8 Å². The molecule has 5 heteroatoms. The summed E-state index contributed by atoms with van der Waals surface area (Å²) in [5.74, 6) is -0.111. The number of aromatic carboxylic acids is 1. The Morgan fingerprint density at radius 3 is 3.05 bits per heavy atom. The monoisotopic (exact) mass is 273 g/mol. The molecule has 0 bridgehead atoms. The van der Waals surface area contributed by atoms with Gasteiger partial charge in [0.25, 0.3) is 0 Å². The van der Waals surface area contributed by atoms with E-state index in [9.17, 15) is 4.79 Å². The first-order valence-corrected chi connectivity index (χ1v) is 6.57. The first kappa shape index (κ1) is 12.9. The lowest BCUT2D eigenvalue weighted by Crippen LogP contribution is -2.12. The number of benzene rings is 1. The fourth-order valence-corrected chi connectivity index (χ4v) is 2.29. The Kier molecular flexibility index (Phi) is 3.52. The molecule has 1 aromatic carbocycles. The Morgan fingerprint density at radius 1 is 1.45 bits per heavy atom. The number of carboxylic acids is 1. The Balaban J connectivity index is 1.92. The van der Waals surface area contributed by atoms with Gasteiger partial charge in [0.15, 0.2) is 5.69 Å². The number of pyridine rings is 1. The average molecular weight is 273 g/mol. The van der Waals surface area contributed by atoms with E-state index in [1.165, 1.54) is 6.07 Å². The van der Waals surface area contributed by atoms with E-state index < -0.39 is 5.97 Å². The molecule has 1 fully saturated rings. The maximum absolute atomic E-state index is 11.1. The number of hydrogen-bond donors (Lipinski definition) is 1. The zero-order chi connectivity index (χ0) is 13.9. The van der Waals surface area contributed by atoms with Gasteiger partial charge in [-0.2, -0.15) is 0 Å². The lowest BCUT2D eigenvalue weighted by molar-refractivity contribution is 0.0690. The van der Waals surface area contributed by atoms with E-state index in [0.29, 0.717) is 30.4 Å². The summed E-state index contributed by atoms with van der Waals surface area (Å²) in [7, 11) is 0. The number of carbonyl (C=O) groups is 1. The normalized spacial score (nSPS) is 18.3. The van der Waals surface area contributed by atoms with Gasteiger partial charge in [-0.3, -0.25) is 0 Å². The second kappa shape index (κ2) is 5.46. The highest BCUT2D eigenvalue weighted by atomic mass is 16.5. The van der Waals surface area contributed by atoms with Crippen molar-refractivity contribution in [2.24, 2.45) is 5.92 Å². The van der Waals surface area contributed by atoms with E-state index in [4.69, 9.17) is 14.6 Å². The van der Waals surface area contributed by atoms with E-state index in [1.807, 2.05) is 18.2 Å². The third-order valence-corrected chi connectivity index (χ3v) is 3.40. The number of carboxylic acid groups (broad SMARTS) is 1. The SMILES string of the molecule is O=C(O)c1cc(OCC2CCOC2)c2ccccc2n1. The maximum Gasteiger partial charge on any atom is 0.354 e. The van der Waals surface area contributed by atoms with Gasteiger partial charge in [-0.05, 0) is 18.6 Å². The summed E-state index contributed by atoms with van der Waals surface area (Å²) in [6.45, 7) is 2.01. The molecule has 1 N–H and O–H groups in total. The molecule has 1 aliphatic heterocycles. The van der Waals surface area contributed by atoms with Crippen LogP contribution in [0.1, 0.15) is 16.9 Å². The van der Waals surface area contributed by atoms with E-state index in [2.05, 4.69) is 4.98 Å². The highest BCUT2D eigenvalue weighted by Gasteiger charge is 2.18. The molecule has 3 rings (SSSR count). The van der Waals surface area contributed by atoms with E-state index >= 15 is 0 Å². The van der Waals surface area contributed by atoms with E-state index in [1.54, 1.807) is 6.07 Å². The standard InChI is InChI=1S/C15H15NO4/c17-15(18)13-7-14(20-9-10-5-6-19-8-10)11-3-1-2-4-12(11)16-13/h1-4,7,10H,5-6,8-9H2,(H,17,18). The smallest absolute Gasteiger partial charge is 0.354 e. The van der Waals surface area contributed by atoms with Crippen LogP contribution in [0.4, 0.5) is 0 Å². The molecule has 0 spiro atoms. The summed E-state index contributed by atoms with van der Waals surface area (Å²) in [4.78, 5) is 15.2. The van der Waals surface area contributed by atoms with Gasteiger partial charge in [0.05, 0.1) is 18.7 Å². The predicted molar refractivity (Wildman–Crippen MR) is 73.1 cm³/mol. The average Bonchev–Trinajstić information content (AvgIpc) is 2.97. The topological polar surface area (TPSA) is 68.7 Å². The van der Waals surface area contributed by atoms with Crippen molar-refractivity contribution in [1.29, 1.82) is 0 Å². The molecule has 20 heavy (non-hydrogen) atoms. The summed E-state index contributed by atoms with van der Waals surface area (Å²) in [5, 5.41) is 9.94. The summed E-state index contributed by atoms with van der Waals surface area (Å²) in [6, 6.07) is 8.87. The van der Waals surface area contributed by atoms with Gasteiger partial charge in [-0.1, -0.05) is 12.1 Å². The molecule has 0 amide bonds. The molecule has 104 valence electrons. The lowest BCUT2D eigenvalue weighted by Gasteiger charge is -2.13. The van der Waals surface area contributed by atoms with Crippen molar-refractivity contribution in [3.8, 4) is 5.75 Å². The number of hydrogen-bond acceptors (Lipinski definition) is 4. The highest BCUT2D eigenvalue weighted by Crippen LogP contribution is 2.26. The largest absolute Gasteiger partial charge is 0.492 e. The fourth-order valence-electron chi connectivity index (χ4n) is 2.29. The van der Waals surface area contributed by atoms with E-state index in [0.717, 1.165) is 18.4 Å². The van der Waals surface area contributed by atoms with Crippen molar-refractivity contribution in [3.63, 3.8) is 0 Å². The molecule has 1 saturated heterocycles. The molecule has 5 nitrogen and oxygen atoms in total. The Bertz CT molecular complexity index is 635. The molecule has 1 unspecified atom stereocenters. The van der Waals surface area contributed by atoms with Crippen LogP contribution in [0.15, 0.2) is 30.3 Å². The van der Waals surface area contributed by atoms with Crippen molar-refractivity contribution >= 4 is 16.9 Å². The molecule has 1 aromatic heterocycles. The highest BCUT2D eigenvalue weighted by molar-refractivity contribution is 5.93. The Hall–Kier alpha value is -2.14. The van der Waals surface area contributed by atoms with Crippen LogP contribution in [0, 0.1) is 5.92 Å². The number of nitrogens with zero attached hydrogens (tertiary/aromatic N) is 1. The van der Waals surface area contributed by atoms with Crippen LogP contribution in [-0.4, -0.2) is 35.9 Å². The Morgan fingerprint density at radius 2 is 2.30 bits per heavy atom. The van der Waals surface area contributed by atoms with Crippen LogP contribution in [-0.2, 0) is 4.74 Å². The molecule has 0 radical (unpaired) electrons. The predicted octanol–water partition coefficient (Wildman–Crippen LogP) is 2.35. The van der Waals surface area contributed by atoms with Crippen LogP contribution in [0.25, 0.3) is 10.9 Å². The number of fused-ring (bicyclic) bond motifs is 1. The third kappa shape index (κ3) is 2.58. The van der Waals surface area contributed by atoms with Crippen LogP contribution in [0.2, 0.25) is 0 Å². The molecule has 1 aliphatic rings. The van der Waals surface area contributed by atoms with Crippen molar-refractivity contribution < 1.29 is 19.4 Å². The van der Waals surface area contributed by atoms with Crippen LogP contribution in [0.3, 0.4) is 0 Å². The van der Waals surface area contributed by atoms with Gasteiger partial charge in [-0.25, -0.2) is 9.78 Å². The minimum Gasteiger partial charge on any atom is -0.492 e. The first-order valence-electron chi connectivity index (χ1n) is 6.57. The first-order chi connectivity index (χ1) is 9.74. The molecule has 2 heterocycles. The minimum atomic E-state index is -1.05. The van der Waals surface area contributed by atoms with Crippen molar-refractivity contribution in [3.05, 3.63) is 36.0 Å². The van der Waals surface area contributed by atoms with Crippen LogP contribution in [0.5, 0.6) is 5.75 Å². The van der Waals surface area contributed by atoms with Crippen molar-refractivity contribution in [2.45, 2.75) is 6.42 Å². The molecular formula is C15H15NO4. The fraction of sp³-hybridized carbons (Fsp3) is 0.333. The number of ether oxygens (including phenoxy) is 2. The van der Waals surface area contributed by atoms with Gasteiger partial charge in [0.2, 0.25) is 0 Å². The number of para-hydroxylation sites is 1. The van der Waals surface area contributed by atoms with E-state index in [-0.39, 0.29) is 5.69 Å². The number of aromatic nitrogens is 1. The quantitative estimate of drug-likeness (QED) is 0.926. The summed E-state index contributed by atoms with van der Waals surface area (Å²) < 4.78 is 11.1. The van der Waals surface area contributed by atoms with Crippen molar-refractivity contribution in [1.82, 2.24) is 4.98 Å². The third-order valence-electron chi connectivity index (χ3n) is 3.40. The minimum absolute atomic E-state index is 0.00127. The van der Waals surface area contributed by atoms with Gasteiger partial charge in [0, 0.05) is 24.0 Å². The van der Waals surface area contributed by atoms with Crippen LogP contribution >= 0.6 is 0 Å². The summed E-state index contributed by atoms with van der Waals surface area (Å²) >= 11 is 0.